The van der Waals surface area contributed by atoms with E-state index in [1.165, 1.54) is 0 Å². The molecule has 0 N–H and O–H groups in total. The van der Waals surface area contributed by atoms with E-state index >= 15 is 0 Å². The molecule has 0 aliphatic rings. The summed E-state index contributed by atoms with van der Waals surface area (Å²) in [5.74, 6) is -1.03. The van der Waals surface area contributed by atoms with Crippen LogP contribution < -0.4 is 0 Å². The molecule has 0 aliphatic heterocycles. The third-order valence-electron chi connectivity index (χ3n) is 0.911. The Balaban J connectivity index is 3.05. The van der Waals surface area contributed by atoms with Crippen molar-refractivity contribution in [3.8, 4) is 0 Å². The quantitative estimate of drug-likeness (QED) is 0.543. The zero-order chi connectivity index (χ0) is 7.78. The van der Waals surface area contributed by atoms with Gasteiger partial charge in [0, 0.05) is 7.05 Å². The topological polar surface area (TPSA) is 30.7 Å². The fraction of sp³-hybridized carbons (Fsp3) is 0.500. The van der Waals surface area contributed by atoms with Gasteiger partial charge in [-0.2, -0.15) is 18.2 Å². The van der Waals surface area contributed by atoms with Crippen LogP contribution in [0.5, 0.6) is 0 Å². The molecule has 1 aromatic heterocycles. The first kappa shape index (κ1) is 7.04. The summed E-state index contributed by atoms with van der Waals surface area (Å²) in [7, 11) is 1.16. The van der Waals surface area contributed by atoms with Gasteiger partial charge in [0.15, 0.2) is 0 Å². The van der Waals surface area contributed by atoms with Crippen LogP contribution in [0.2, 0.25) is 0 Å². The lowest BCUT2D eigenvalue weighted by molar-refractivity contribution is -0.147. The predicted molar refractivity (Wildman–Crippen MR) is 24.8 cm³/mol. The van der Waals surface area contributed by atoms with Crippen LogP contribution in [-0.2, 0) is 13.2 Å². The van der Waals surface area contributed by atoms with E-state index in [1.807, 2.05) is 6.33 Å². The molecule has 10 heavy (non-hydrogen) atoms. The maximum absolute atomic E-state index is 11.7. The highest BCUT2D eigenvalue weighted by Crippen LogP contribution is 2.25. The molecule has 55 valence electrons. The van der Waals surface area contributed by atoms with Gasteiger partial charge in [-0.3, -0.25) is 0 Å². The number of rotatable bonds is 0. The summed E-state index contributed by atoms with van der Waals surface area (Å²) in [5.41, 5.74) is 0. The first-order chi connectivity index (χ1) is 4.52. The molecule has 0 saturated heterocycles. The zero-order valence-electron chi connectivity index (χ0n) is 4.98. The van der Waals surface area contributed by atoms with Crippen molar-refractivity contribution in [1.29, 1.82) is 0 Å². The molecule has 1 heterocycles. The summed E-state index contributed by atoms with van der Waals surface area (Å²) in [6, 6.07) is 0. The highest BCUT2D eigenvalue weighted by molar-refractivity contribution is 4.87. The van der Waals surface area contributed by atoms with Crippen LogP contribution in [0.25, 0.3) is 0 Å². The van der Waals surface area contributed by atoms with Gasteiger partial charge in [-0.1, -0.05) is 0 Å². The lowest BCUT2D eigenvalue weighted by Gasteiger charge is -2.02. The number of aromatic nitrogens is 3. The van der Waals surface area contributed by atoms with Gasteiger partial charge in [-0.15, -0.1) is 5.10 Å². The summed E-state index contributed by atoms with van der Waals surface area (Å²) in [6.07, 6.45) is -2.58. The molecule has 0 spiro atoms. The number of hydrogen-bond acceptors (Lipinski definition) is 2. The lowest BCUT2D eigenvalue weighted by Crippen LogP contribution is -2.13. The molecule has 1 radical (unpaired) electrons. The normalized spacial score (nSPS) is 12.0. The summed E-state index contributed by atoms with van der Waals surface area (Å²) in [5, 5.41) is 3.14. The Hall–Kier alpha value is -1.07. The van der Waals surface area contributed by atoms with Crippen molar-refractivity contribution >= 4 is 0 Å². The molecule has 6 heteroatoms. The summed E-state index contributed by atoms with van der Waals surface area (Å²) < 4.78 is 35.8. The van der Waals surface area contributed by atoms with Crippen molar-refractivity contribution in [3.05, 3.63) is 12.2 Å². The van der Waals surface area contributed by atoms with Crippen LogP contribution in [0, 0.1) is 6.33 Å². The molecule has 3 nitrogen and oxygen atoms in total. The minimum Gasteiger partial charge on any atom is -0.245 e. The van der Waals surface area contributed by atoms with Gasteiger partial charge in [0.05, 0.1) is 0 Å². The van der Waals surface area contributed by atoms with Crippen LogP contribution in [0.3, 0.4) is 0 Å². The molecule has 0 unspecified atom stereocenters. The smallest absolute Gasteiger partial charge is 0.245 e. The van der Waals surface area contributed by atoms with Gasteiger partial charge in [0.25, 0.3) is 0 Å². The molecule has 1 aromatic rings. The Morgan fingerprint density at radius 3 is 2.30 bits per heavy atom. The van der Waals surface area contributed by atoms with E-state index < -0.39 is 12.0 Å². The molecule has 0 bridgehead atoms. The maximum Gasteiger partial charge on any atom is 0.451 e. The second-order valence-corrected chi connectivity index (χ2v) is 1.66. The van der Waals surface area contributed by atoms with Crippen molar-refractivity contribution in [2.24, 2.45) is 7.05 Å². The average Bonchev–Trinajstić information content (AvgIpc) is 2.11. The number of hydrogen-bond donors (Lipinski definition) is 0. The summed E-state index contributed by atoms with van der Waals surface area (Å²) in [4.78, 5) is 2.89. The third kappa shape index (κ3) is 1.09. The van der Waals surface area contributed by atoms with E-state index in [4.69, 9.17) is 0 Å². The second-order valence-electron chi connectivity index (χ2n) is 1.66. The fourth-order valence-corrected chi connectivity index (χ4v) is 0.503. The monoisotopic (exact) mass is 150 g/mol. The van der Waals surface area contributed by atoms with Crippen LogP contribution in [0.1, 0.15) is 5.82 Å². The largest absolute Gasteiger partial charge is 0.451 e. The van der Waals surface area contributed by atoms with Crippen molar-refractivity contribution in [3.63, 3.8) is 0 Å². The fourth-order valence-electron chi connectivity index (χ4n) is 0.503. The van der Waals surface area contributed by atoms with Crippen molar-refractivity contribution < 1.29 is 13.2 Å². The summed E-state index contributed by atoms with van der Waals surface area (Å²) >= 11 is 0. The number of nitrogens with zero attached hydrogens (tertiary/aromatic N) is 3. The van der Waals surface area contributed by atoms with Gasteiger partial charge < -0.3 is 0 Å². The van der Waals surface area contributed by atoms with Crippen LogP contribution in [0.4, 0.5) is 13.2 Å². The molecule has 0 aliphatic carbocycles. The number of aryl methyl sites for hydroxylation is 1. The highest BCUT2D eigenvalue weighted by Gasteiger charge is 2.35. The Morgan fingerprint density at radius 1 is 1.50 bits per heavy atom. The van der Waals surface area contributed by atoms with Crippen molar-refractivity contribution in [2.45, 2.75) is 6.18 Å². The Labute approximate surface area is 54.5 Å². The minimum atomic E-state index is -4.43. The lowest BCUT2D eigenvalue weighted by atomic mass is 10.6. The SMILES string of the molecule is Cn1n[c]nc1C(F)(F)F. The molecule has 0 aromatic carbocycles. The van der Waals surface area contributed by atoms with Gasteiger partial charge in [-0.05, 0) is 0 Å². The average molecular weight is 150 g/mol. The molecule has 0 fully saturated rings. The Kier molecular flexibility index (Phi) is 1.38. The predicted octanol–water partition coefficient (Wildman–Crippen LogP) is 0.634. The van der Waals surface area contributed by atoms with E-state index in [-0.39, 0.29) is 0 Å². The highest BCUT2D eigenvalue weighted by atomic mass is 19.4. The summed E-state index contributed by atoms with van der Waals surface area (Å²) in [6.45, 7) is 0. The van der Waals surface area contributed by atoms with Gasteiger partial charge in [0.1, 0.15) is 0 Å². The van der Waals surface area contributed by atoms with Crippen molar-refractivity contribution in [2.75, 3.05) is 0 Å². The van der Waals surface area contributed by atoms with E-state index in [9.17, 15) is 13.2 Å². The van der Waals surface area contributed by atoms with E-state index in [1.54, 1.807) is 0 Å². The molecule has 0 amide bonds. The molecular formula is C4H3F3N3. The van der Waals surface area contributed by atoms with E-state index in [0.29, 0.717) is 4.68 Å². The molecule has 1 rings (SSSR count). The van der Waals surface area contributed by atoms with E-state index in [2.05, 4.69) is 10.1 Å². The number of alkyl halides is 3. The third-order valence-corrected chi connectivity index (χ3v) is 0.911. The standard InChI is InChI=1S/C4H3F3N3/c1-10-3(4(5,6)7)8-2-9-10/h1H3. The van der Waals surface area contributed by atoms with Gasteiger partial charge in [0.2, 0.25) is 12.2 Å². The van der Waals surface area contributed by atoms with Crippen LogP contribution in [0.15, 0.2) is 0 Å². The molecule has 0 atom stereocenters. The minimum absolute atomic E-state index is 0.625. The van der Waals surface area contributed by atoms with Gasteiger partial charge >= 0.3 is 6.18 Å². The first-order valence-corrected chi connectivity index (χ1v) is 2.36. The zero-order valence-corrected chi connectivity index (χ0v) is 4.98. The second kappa shape index (κ2) is 1.96. The number of halogens is 3. The van der Waals surface area contributed by atoms with E-state index in [0.717, 1.165) is 7.05 Å². The van der Waals surface area contributed by atoms with Gasteiger partial charge in [-0.25, -0.2) is 4.68 Å². The Morgan fingerprint density at radius 2 is 2.10 bits per heavy atom. The van der Waals surface area contributed by atoms with Crippen LogP contribution in [-0.4, -0.2) is 14.8 Å². The first-order valence-electron chi connectivity index (χ1n) is 2.36. The molecular weight excluding hydrogens is 147 g/mol. The van der Waals surface area contributed by atoms with Crippen LogP contribution >= 0.6 is 0 Å². The Bertz CT molecular complexity index is 226. The molecule has 0 saturated carbocycles. The van der Waals surface area contributed by atoms with Crippen molar-refractivity contribution in [1.82, 2.24) is 14.8 Å². The maximum atomic E-state index is 11.7.